The molecule has 0 spiro atoms. The number of phenols is 1. The fourth-order valence-corrected chi connectivity index (χ4v) is 1.47. The summed E-state index contributed by atoms with van der Waals surface area (Å²) in [5.41, 5.74) is 0.842. The van der Waals surface area contributed by atoms with E-state index in [4.69, 9.17) is 16.3 Å². The first kappa shape index (κ1) is 12.2. The van der Waals surface area contributed by atoms with E-state index in [0.29, 0.717) is 12.5 Å². The van der Waals surface area contributed by atoms with Crippen molar-refractivity contribution in [1.82, 2.24) is 0 Å². The van der Waals surface area contributed by atoms with Crippen LogP contribution in [0.4, 0.5) is 0 Å². The van der Waals surface area contributed by atoms with Gasteiger partial charge in [-0.1, -0.05) is 13.3 Å². The highest BCUT2D eigenvalue weighted by Gasteiger charge is 2.07. The fourth-order valence-electron chi connectivity index (χ4n) is 1.36. The van der Waals surface area contributed by atoms with Crippen LogP contribution >= 0.6 is 11.6 Å². The first-order chi connectivity index (χ1) is 7.29. The molecule has 0 aromatic heterocycles. The number of phenolic OH excluding ortho intramolecular Hbond substituents is 1. The average Bonchev–Trinajstić information content (AvgIpc) is 2.23. The molecule has 1 aromatic carbocycles. The lowest BCUT2D eigenvalue weighted by Gasteiger charge is -2.11. The smallest absolute Gasteiger partial charge is 0.130 e. The molecular formula is C12H16ClO2. The molecule has 2 nitrogen and oxygen atoms in total. The molecule has 0 aliphatic heterocycles. The molecule has 0 fully saturated rings. The van der Waals surface area contributed by atoms with Gasteiger partial charge in [0.15, 0.2) is 0 Å². The lowest BCUT2D eigenvalue weighted by Crippen LogP contribution is -2.01. The van der Waals surface area contributed by atoms with Crippen LogP contribution in [0.5, 0.6) is 11.5 Å². The number of hydrogen-bond donors (Lipinski definition) is 1. The van der Waals surface area contributed by atoms with Gasteiger partial charge in [-0.05, 0) is 25.0 Å². The third-order valence-corrected chi connectivity index (χ3v) is 2.34. The van der Waals surface area contributed by atoms with E-state index in [0.717, 1.165) is 30.6 Å². The molecule has 0 aliphatic carbocycles. The highest BCUT2D eigenvalue weighted by atomic mass is 35.5. The molecule has 0 atom stereocenters. The van der Waals surface area contributed by atoms with Gasteiger partial charge in [0.2, 0.25) is 0 Å². The Labute approximate surface area is 95.8 Å². The maximum Gasteiger partial charge on any atom is 0.130 e. The summed E-state index contributed by atoms with van der Waals surface area (Å²) in [5.74, 6) is 1.53. The van der Waals surface area contributed by atoms with Gasteiger partial charge in [0.05, 0.1) is 6.61 Å². The van der Waals surface area contributed by atoms with E-state index < -0.39 is 0 Å². The third kappa shape index (κ3) is 3.63. The molecule has 0 saturated heterocycles. The molecule has 0 aliphatic rings. The van der Waals surface area contributed by atoms with Crippen molar-refractivity contribution < 1.29 is 9.84 Å². The number of aromatic hydroxyl groups is 1. The van der Waals surface area contributed by atoms with Gasteiger partial charge in [0.25, 0.3) is 0 Å². The normalized spacial score (nSPS) is 10.3. The van der Waals surface area contributed by atoms with Crippen LogP contribution in [0, 0.1) is 6.07 Å². The summed E-state index contributed by atoms with van der Waals surface area (Å²) in [6.45, 7) is 2.65. The first-order valence-corrected chi connectivity index (χ1v) is 5.74. The Balaban J connectivity index is 2.71. The number of rotatable bonds is 6. The minimum atomic E-state index is 0.195. The summed E-state index contributed by atoms with van der Waals surface area (Å²) in [6.07, 6.45) is 2.59. The molecule has 0 saturated carbocycles. The topological polar surface area (TPSA) is 29.5 Å². The second-order valence-corrected chi connectivity index (χ2v) is 3.69. The summed E-state index contributed by atoms with van der Waals surface area (Å²) in [7, 11) is 0. The van der Waals surface area contributed by atoms with Gasteiger partial charge in [-0.2, -0.15) is 0 Å². The molecule has 83 valence electrons. The van der Waals surface area contributed by atoms with Crippen molar-refractivity contribution in [2.24, 2.45) is 0 Å². The Bertz CT molecular complexity index is 300. The fraction of sp³-hybridized carbons (Fsp3) is 0.500. The van der Waals surface area contributed by atoms with E-state index in [-0.39, 0.29) is 5.75 Å². The molecule has 0 unspecified atom stereocenters. The number of ether oxygens (including phenoxy) is 1. The number of benzene rings is 1. The maximum atomic E-state index is 9.62. The molecule has 0 amide bonds. The molecule has 0 bridgehead atoms. The zero-order chi connectivity index (χ0) is 11.1. The quantitative estimate of drug-likeness (QED) is 0.598. The molecule has 15 heavy (non-hydrogen) atoms. The van der Waals surface area contributed by atoms with Crippen molar-refractivity contribution in [2.45, 2.75) is 26.2 Å². The predicted octanol–water partition coefficient (Wildman–Crippen LogP) is 3.15. The Hall–Kier alpha value is -0.890. The van der Waals surface area contributed by atoms with Gasteiger partial charge >= 0.3 is 0 Å². The molecular weight excluding hydrogens is 212 g/mol. The highest BCUT2D eigenvalue weighted by Crippen LogP contribution is 2.28. The van der Waals surface area contributed by atoms with Crippen LogP contribution in [0.25, 0.3) is 0 Å². The minimum Gasteiger partial charge on any atom is -0.507 e. The number of alkyl halides is 1. The van der Waals surface area contributed by atoms with Crippen LogP contribution < -0.4 is 4.74 Å². The Morgan fingerprint density at radius 1 is 1.53 bits per heavy atom. The first-order valence-electron chi connectivity index (χ1n) is 5.21. The molecule has 1 radical (unpaired) electrons. The van der Waals surface area contributed by atoms with Crippen molar-refractivity contribution in [3.05, 3.63) is 23.8 Å². The van der Waals surface area contributed by atoms with Crippen LogP contribution in [0.3, 0.4) is 0 Å². The lowest BCUT2D eigenvalue weighted by atomic mass is 10.1. The summed E-state index contributed by atoms with van der Waals surface area (Å²) < 4.78 is 5.55. The number of halogens is 1. The van der Waals surface area contributed by atoms with E-state index in [1.165, 1.54) is 0 Å². The summed E-state index contributed by atoms with van der Waals surface area (Å²) in [6, 6.07) is 6.27. The Kier molecular flexibility index (Phi) is 5.33. The molecule has 1 rings (SSSR count). The van der Waals surface area contributed by atoms with Crippen molar-refractivity contribution in [3.63, 3.8) is 0 Å². The Morgan fingerprint density at radius 3 is 3.00 bits per heavy atom. The van der Waals surface area contributed by atoms with E-state index in [9.17, 15) is 5.11 Å². The minimum absolute atomic E-state index is 0.195. The monoisotopic (exact) mass is 227 g/mol. The third-order valence-electron chi connectivity index (χ3n) is 2.07. The van der Waals surface area contributed by atoms with E-state index in [1.807, 2.05) is 6.07 Å². The Morgan fingerprint density at radius 2 is 2.33 bits per heavy atom. The molecule has 3 heteroatoms. The van der Waals surface area contributed by atoms with Crippen molar-refractivity contribution in [2.75, 3.05) is 12.5 Å². The summed E-state index contributed by atoms with van der Waals surface area (Å²) in [5, 5.41) is 9.62. The van der Waals surface area contributed by atoms with Gasteiger partial charge in [-0.3, -0.25) is 0 Å². The zero-order valence-electron chi connectivity index (χ0n) is 8.92. The van der Waals surface area contributed by atoms with Crippen molar-refractivity contribution >= 4 is 11.6 Å². The standard InChI is InChI=1S/C12H16ClO2/c1-2-5-10-11(14)6-3-7-12(10)15-9-4-8-13/h3,7,14H,2,4-5,8-9H2,1H3. The van der Waals surface area contributed by atoms with Gasteiger partial charge in [-0.15, -0.1) is 11.6 Å². The lowest BCUT2D eigenvalue weighted by molar-refractivity contribution is 0.312. The largest absolute Gasteiger partial charge is 0.507 e. The van der Waals surface area contributed by atoms with Crippen molar-refractivity contribution in [1.29, 1.82) is 0 Å². The summed E-state index contributed by atoms with van der Waals surface area (Å²) >= 11 is 5.56. The van der Waals surface area contributed by atoms with Crippen LogP contribution in [0.1, 0.15) is 25.3 Å². The van der Waals surface area contributed by atoms with Gasteiger partial charge in [-0.25, -0.2) is 0 Å². The highest BCUT2D eigenvalue weighted by molar-refractivity contribution is 6.17. The maximum absolute atomic E-state index is 9.62. The summed E-state index contributed by atoms with van der Waals surface area (Å²) in [4.78, 5) is 0. The van der Waals surface area contributed by atoms with Gasteiger partial charge in [0.1, 0.15) is 11.5 Å². The zero-order valence-corrected chi connectivity index (χ0v) is 9.68. The van der Waals surface area contributed by atoms with Crippen LogP contribution in [-0.2, 0) is 6.42 Å². The van der Waals surface area contributed by atoms with Crippen molar-refractivity contribution in [3.8, 4) is 11.5 Å². The second kappa shape index (κ2) is 6.57. The van der Waals surface area contributed by atoms with Gasteiger partial charge < -0.3 is 9.84 Å². The van der Waals surface area contributed by atoms with E-state index >= 15 is 0 Å². The van der Waals surface area contributed by atoms with Crippen LogP contribution in [0.2, 0.25) is 0 Å². The SMILES string of the molecule is CCCc1c(O)[c]ccc1OCCCCl. The molecule has 0 heterocycles. The van der Waals surface area contributed by atoms with E-state index in [1.54, 1.807) is 6.07 Å². The predicted molar refractivity (Wildman–Crippen MR) is 61.8 cm³/mol. The van der Waals surface area contributed by atoms with Crippen LogP contribution in [-0.4, -0.2) is 17.6 Å². The second-order valence-electron chi connectivity index (χ2n) is 3.31. The van der Waals surface area contributed by atoms with Crippen LogP contribution in [0.15, 0.2) is 12.1 Å². The molecule has 1 N–H and O–H groups in total. The average molecular weight is 228 g/mol. The molecule has 1 aromatic rings. The van der Waals surface area contributed by atoms with E-state index in [2.05, 4.69) is 13.0 Å². The van der Waals surface area contributed by atoms with Gasteiger partial charge in [0, 0.05) is 17.5 Å². The number of hydrogen-bond acceptors (Lipinski definition) is 2.